The predicted molar refractivity (Wildman–Crippen MR) is 146 cm³/mol. The first kappa shape index (κ1) is 33.7. The van der Waals surface area contributed by atoms with Crippen LogP contribution in [0.15, 0.2) is 17.5 Å². The molecule has 1 rings (SSSR count). The number of rotatable bonds is 16. The lowest BCUT2D eigenvalue weighted by Gasteiger charge is -2.28. The van der Waals surface area contributed by atoms with Gasteiger partial charge in [0, 0.05) is 18.2 Å². The third-order valence-electron chi connectivity index (χ3n) is 5.71. The number of aldehydes is 1. The molecule has 0 unspecified atom stereocenters. The molecule has 0 saturated heterocycles. The molecule has 0 aliphatic heterocycles. The lowest BCUT2D eigenvalue weighted by atomic mass is 9.99. The molecular weight excluding hydrogens is 526 g/mol. The van der Waals surface area contributed by atoms with Crippen molar-refractivity contribution in [1.29, 1.82) is 0 Å². The summed E-state index contributed by atoms with van der Waals surface area (Å²) in [5, 5.41) is 23.9. The molecule has 1 aromatic rings. The highest BCUT2D eigenvalue weighted by molar-refractivity contribution is 7.09. The minimum atomic E-state index is -1.23. The molecule has 0 bridgehead atoms. The fraction of sp³-hybridized carbons (Fsp3) is 0.615. The minimum Gasteiger partial charge on any atom is -0.394 e. The molecule has 1 aromatic heterocycles. The first-order valence-electron chi connectivity index (χ1n) is 12.9. The Morgan fingerprint density at radius 2 is 1.51 bits per heavy atom. The monoisotopic (exact) mass is 567 g/mol. The van der Waals surface area contributed by atoms with Gasteiger partial charge in [-0.1, -0.05) is 33.8 Å². The number of aliphatic hydroxyl groups excluding tert-OH is 1. The van der Waals surface area contributed by atoms with Crippen LogP contribution < -0.4 is 26.6 Å². The number of amides is 5. The maximum absolute atomic E-state index is 13.2. The molecule has 0 saturated carbocycles. The predicted octanol–water partition coefficient (Wildman–Crippen LogP) is -0.352. The Kier molecular flexibility index (Phi) is 14.3. The molecule has 13 heteroatoms. The molecule has 5 atom stereocenters. The van der Waals surface area contributed by atoms with Crippen molar-refractivity contribution < 1.29 is 33.9 Å². The highest BCUT2D eigenvalue weighted by atomic mass is 32.1. The highest BCUT2D eigenvalue weighted by Crippen LogP contribution is 2.12. The molecule has 0 aliphatic carbocycles. The molecule has 0 spiro atoms. The number of aliphatic hydroxyl groups is 1. The second-order valence-corrected chi connectivity index (χ2v) is 11.2. The molecule has 0 radical (unpaired) electrons. The van der Waals surface area contributed by atoms with E-state index in [1.807, 2.05) is 31.4 Å². The molecule has 6 N–H and O–H groups in total. The average Bonchev–Trinajstić information content (AvgIpc) is 3.36. The number of carbonyl (C=O) groups excluding carboxylic acids is 6. The van der Waals surface area contributed by atoms with Crippen LogP contribution in [0.3, 0.4) is 0 Å². The zero-order chi connectivity index (χ0) is 29.7. The van der Waals surface area contributed by atoms with Crippen LogP contribution in [0.2, 0.25) is 0 Å². The van der Waals surface area contributed by atoms with Gasteiger partial charge in [-0.15, -0.1) is 11.3 Å². The molecule has 12 nitrogen and oxygen atoms in total. The van der Waals surface area contributed by atoms with E-state index in [2.05, 4.69) is 26.6 Å². The largest absolute Gasteiger partial charge is 0.394 e. The van der Waals surface area contributed by atoms with Crippen molar-refractivity contribution >= 4 is 47.2 Å². The maximum Gasteiger partial charge on any atom is 0.245 e. The van der Waals surface area contributed by atoms with Crippen LogP contribution in [0.5, 0.6) is 0 Å². The Morgan fingerprint density at radius 1 is 0.872 bits per heavy atom. The summed E-state index contributed by atoms with van der Waals surface area (Å²) in [6.07, 6.45) is 1.30. The van der Waals surface area contributed by atoms with Gasteiger partial charge in [-0.05, 0) is 36.6 Å². The Labute approximate surface area is 233 Å². The van der Waals surface area contributed by atoms with E-state index in [9.17, 15) is 33.9 Å². The van der Waals surface area contributed by atoms with Crippen LogP contribution in [0.25, 0.3) is 0 Å². The van der Waals surface area contributed by atoms with Gasteiger partial charge in [0.15, 0.2) is 0 Å². The second-order valence-electron chi connectivity index (χ2n) is 10.1. The first-order chi connectivity index (χ1) is 18.3. The summed E-state index contributed by atoms with van der Waals surface area (Å²) in [6, 6.07) is -1.33. The number of hydrogen-bond acceptors (Lipinski definition) is 8. The maximum atomic E-state index is 13.2. The van der Waals surface area contributed by atoms with Crippen LogP contribution >= 0.6 is 11.3 Å². The topological polar surface area (TPSA) is 183 Å². The van der Waals surface area contributed by atoms with E-state index in [0.717, 1.165) is 4.88 Å². The van der Waals surface area contributed by atoms with Gasteiger partial charge >= 0.3 is 0 Å². The summed E-state index contributed by atoms with van der Waals surface area (Å²) in [7, 11) is 0. The van der Waals surface area contributed by atoms with Crippen LogP contribution in [0, 0.1) is 11.8 Å². The Hall–Kier alpha value is -3.32. The van der Waals surface area contributed by atoms with Gasteiger partial charge in [0.1, 0.15) is 30.5 Å². The molecular formula is C26H41N5O7S. The molecule has 5 amide bonds. The third-order valence-corrected chi connectivity index (χ3v) is 6.61. The molecule has 218 valence electrons. The quantitative estimate of drug-likeness (QED) is 0.148. The van der Waals surface area contributed by atoms with Gasteiger partial charge < -0.3 is 36.5 Å². The van der Waals surface area contributed by atoms with Gasteiger partial charge in [-0.3, -0.25) is 24.0 Å². The van der Waals surface area contributed by atoms with Crippen LogP contribution in [-0.2, 0) is 35.2 Å². The zero-order valence-corrected chi connectivity index (χ0v) is 24.1. The number of thiophene rings is 1. The van der Waals surface area contributed by atoms with E-state index in [4.69, 9.17) is 0 Å². The van der Waals surface area contributed by atoms with Crippen molar-refractivity contribution in [3.8, 4) is 0 Å². The molecule has 39 heavy (non-hydrogen) atoms. The fourth-order valence-electron chi connectivity index (χ4n) is 3.66. The Bertz CT molecular complexity index is 983. The van der Waals surface area contributed by atoms with E-state index in [1.54, 1.807) is 13.8 Å². The lowest BCUT2D eigenvalue weighted by Crippen LogP contribution is -2.59. The fourth-order valence-corrected chi connectivity index (χ4v) is 4.42. The van der Waals surface area contributed by atoms with Crippen molar-refractivity contribution in [3.63, 3.8) is 0 Å². The first-order valence-corrected chi connectivity index (χ1v) is 13.7. The summed E-state index contributed by atoms with van der Waals surface area (Å²) < 4.78 is 0. The highest BCUT2D eigenvalue weighted by Gasteiger charge is 2.32. The van der Waals surface area contributed by atoms with Gasteiger partial charge in [-0.2, -0.15) is 0 Å². The van der Waals surface area contributed by atoms with Gasteiger partial charge in [0.25, 0.3) is 0 Å². The summed E-state index contributed by atoms with van der Waals surface area (Å²) >= 11 is 1.47. The number of nitrogens with one attached hydrogen (secondary N) is 5. The summed E-state index contributed by atoms with van der Waals surface area (Å²) in [4.78, 5) is 75.1. The number of carbonyl (C=O) groups is 6. The van der Waals surface area contributed by atoms with Crippen molar-refractivity contribution in [2.45, 2.75) is 84.6 Å². The van der Waals surface area contributed by atoms with Gasteiger partial charge in [-0.25, -0.2) is 0 Å². The Morgan fingerprint density at radius 3 is 2.00 bits per heavy atom. The number of hydrogen-bond donors (Lipinski definition) is 6. The lowest BCUT2D eigenvalue weighted by molar-refractivity contribution is -0.135. The SMILES string of the molecule is CC(=O)N[C@@H](CO)C(=O)N[C@@H](C)C(=O)N[C@H](C(=O)N[C@@H](CC(C)C)C(=O)N[C@H](C=O)Cc1cccs1)C(C)C. The van der Waals surface area contributed by atoms with Crippen molar-refractivity contribution in [2.24, 2.45) is 11.8 Å². The smallest absolute Gasteiger partial charge is 0.245 e. The van der Waals surface area contributed by atoms with E-state index in [0.29, 0.717) is 19.1 Å². The molecule has 0 aromatic carbocycles. The van der Waals surface area contributed by atoms with Crippen molar-refractivity contribution in [3.05, 3.63) is 22.4 Å². The van der Waals surface area contributed by atoms with Crippen molar-refractivity contribution in [2.75, 3.05) is 6.61 Å². The summed E-state index contributed by atoms with van der Waals surface area (Å²) in [6.45, 7) is 9.14. The van der Waals surface area contributed by atoms with Gasteiger partial charge in [0.2, 0.25) is 29.5 Å². The Balaban J connectivity index is 2.89. The molecule has 0 aliphatic rings. The van der Waals surface area contributed by atoms with Gasteiger partial charge in [0.05, 0.1) is 12.6 Å². The van der Waals surface area contributed by atoms with Crippen LogP contribution in [0.1, 0.15) is 52.8 Å². The van der Waals surface area contributed by atoms with E-state index in [-0.39, 0.29) is 11.8 Å². The summed E-state index contributed by atoms with van der Waals surface area (Å²) in [5.74, 6) is -3.38. The normalized spacial score (nSPS) is 14.9. The average molecular weight is 568 g/mol. The summed E-state index contributed by atoms with van der Waals surface area (Å²) in [5.41, 5.74) is 0. The van der Waals surface area contributed by atoms with E-state index < -0.39 is 66.4 Å². The van der Waals surface area contributed by atoms with Crippen LogP contribution in [0.4, 0.5) is 0 Å². The zero-order valence-electron chi connectivity index (χ0n) is 23.3. The third kappa shape index (κ3) is 11.9. The second kappa shape index (κ2) is 16.6. The molecule has 0 fully saturated rings. The van der Waals surface area contributed by atoms with E-state index >= 15 is 0 Å². The van der Waals surface area contributed by atoms with E-state index in [1.165, 1.54) is 25.2 Å². The standard InChI is InChI=1S/C26H41N5O7S/c1-14(2)10-20(24(36)29-18(12-32)11-19-8-7-9-39-19)30-26(38)22(15(3)4)31-23(35)16(5)27-25(37)21(13-33)28-17(6)34/h7-9,12,14-16,18,20-22,33H,10-11,13H2,1-6H3,(H,27,37)(H,28,34)(H,29,36)(H,30,38)(H,31,35)/t16-,18-,20-,21-,22-/m0/s1. The molecule has 1 heterocycles. The minimum absolute atomic E-state index is 0.0402. The van der Waals surface area contributed by atoms with Crippen molar-refractivity contribution in [1.82, 2.24) is 26.6 Å². The van der Waals surface area contributed by atoms with Crippen LogP contribution in [-0.4, -0.2) is 77.7 Å².